The van der Waals surface area contributed by atoms with Gasteiger partial charge in [-0.1, -0.05) is 6.92 Å². The summed E-state index contributed by atoms with van der Waals surface area (Å²) in [7, 11) is 1.71. The van der Waals surface area contributed by atoms with Gasteiger partial charge in [-0.3, -0.25) is 14.3 Å². The van der Waals surface area contributed by atoms with Gasteiger partial charge in [0.15, 0.2) is 0 Å². The number of aliphatic carboxylic acids is 1. The summed E-state index contributed by atoms with van der Waals surface area (Å²) in [6, 6.07) is 1.29. The number of rotatable bonds is 5. The summed E-state index contributed by atoms with van der Waals surface area (Å²) in [5.41, 5.74) is 1.23. The first-order valence-electron chi connectivity index (χ1n) is 7.07. The Bertz CT molecular complexity index is 540. The van der Waals surface area contributed by atoms with Crippen LogP contribution in [0.5, 0.6) is 0 Å². The molecule has 2 heterocycles. The molecule has 21 heavy (non-hydrogen) atoms. The molecular weight excluding hydrogens is 274 g/mol. The van der Waals surface area contributed by atoms with Gasteiger partial charge in [-0.2, -0.15) is 5.10 Å². The van der Waals surface area contributed by atoms with Crippen molar-refractivity contribution in [1.29, 1.82) is 0 Å². The molecule has 2 unspecified atom stereocenters. The maximum Gasteiger partial charge on any atom is 0.311 e. The van der Waals surface area contributed by atoms with Gasteiger partial charge in [0.1, 0.15) is 11.6 Å². The highest BCUT2D eigenvalue weighted by molar-refractivity contribution is 5.93. The number of amides is 1. The summed E-state index contributed by atoms with van der Waals surface area (Å²) in [4.78, 5) is 25.7. The lowest BCUT2D eigenvalue weighted by atomic mass is 10.0. The zero-order valence-corrected chi connectivity index (χ0v) is 12.6. The van der Waals surface area contributed by atoms with E-state index in [-0.39, 0.29) is 19.1 Å². The van der Waals surface area contributed by atoms with Crippen molar-refractivity contribution >= 4 is 11.9 Å². The highest BCUT2D eigenvalue weighted by atomic mass is 16.5. The van der Waals surface area contributed by atoms with Crippen molar-refractivity contribution in [2.75, 3.05) is 19.8 Å². The fourth-order valence-electron chi connectivity index (χ4n) is 2.70. The molecule has 1 amide bonds. The molecule has 0 bridgehead atoms. The number of hydrogen-bond acceptors (Lipinski definition) is 4. The topological polar surface area (TPSA) is 84.7 Å². The standard InChI is InChI=1S/C14H21N3O4/c1-4-5-17(12-8-21-7-10(12)14(19)20)13(18)11-6-9(2)15-16(11)3/h6,10,12H,4-5,7-8H2,1-3H3,(H,19,20). The van der Waals surface area contributed by atoms with Crippen molar-refractivity contribution in [2.24, 2.45) is 13.0 Å². The lowest BCUT2D eigenvalue weighted by Crippen LogP contribution is -2.47. The van der Waals surface area contributed by atoms with E-state index in [1.807, 2.05) is 13.8 Å². The van der Waals surface area contributed by atoms with Gasteiger partial charge in [0.25, 0.3) is 5.91 Å². The third kappa shape index (κ3) is 3.07. The Hall–Kier alpha value is -1.89. The van der Waals surface area contributed by atoms with Gasteiger partial charge >= 0.3 is 5.97 Å². The van der Waals surface area contributed by atoms with Crippen LogP contribution in [0.2, 0.25) is 0 Å². The van der Waals surface area contributed by atoms with Gasteiger partial charge in [-0.25, -0.2) is 0 Å². The van der Waals surface area contributed by atoms with Crippen LogP contribution in [0.15, 0.2) is 6.07 Å². The molecule has 0 aliphatic carbocycles. The molecule has 0 aromatic carbocycles. The zero-order valence-electron chi connectivity index (χ0n) is 12.6. The van der Waals surface area contributed by atoms with Gasteiger partial charge in [-0.15, -0.1) is 0 Å². The predicted molar refractivity (Wildman–Crippen MR) is 75.0 cm³/mol. The monoisotopic (exact) mass is 295 g/mol. The first-order valence-corrected chi connectivity index (χ1v) is 7.07. The molecule has 7 nitrogen and oxygen atoms in total. The van der Waals surface area contributed by atoms with Crippen molar-refractivity contribution in [3.8, 4) is 0 Å². The minimum atomic E-state index is -0.924. The number of aryl methyl sites for hydroxylation is 2. The normalized spacial score (nSPS) is 21.5. The van der Waals surface area contributed by atoms with Crippen LogP contribution in [-0.2, 0) is 16.6 Å². The second-order valence-corrected chi connectivity index (χ2v) is 5.34. The summed E-state index contributed by atoms with van der Waals surface area (Å²) in [5.74, 6) is -1.79. The van der Waals surface area contributed by atoms with Crippen LogP contribution in [0.1, 0.15) is 29.5 Å². The lowest BCUT2D eigenvalue weighted by Gasteiger charge is -2.30. The predicted octanol–water partition coefficient (Wildman–Crippen LogP) is 0.680. The van der Waals surface area contributed by atoms with E-state index >= 15 is 0 Å². The highest BCUT2D eigenvalue weighted by Gasteiger charge is 2.40. The van der Waals surface area contributed by atoms with Crippen LogP contribution in [0.4, 0.5) is 0 Å². The Morgan fingerprint density at radius 1 is 1.52 bits per heavy atom. The van der Waals surface area contributed by atoms with E-state index < -0.39 is 17.9 Å². The van der Waals surface area contributed by atoms with E-state index in [1.54, 1.807) is 18.0 Å². The van der Waals surface area contributed by atoms with Crippen molar-refractivity contribution in [2.45, 2.75) is 26.3 Å². The number of hydrogen-bond donors (Lipinski definition) is 1. The average Bonchev–Trinajstić information content (AvgIpc) is 3.01. The van der Waals surface area contributed by atoms with Crippen molar-refractivity contribution in [3.63, 3.8) is 0 Å². The molecule has 116 valence electrons. The molecule has 1 aromatic heterocycles. The van der Waals surface area contributed by atoms with Crippen molar-refractivity contribution in [3.05, 3.63) is 17.5 Å². The molecule has 1 saturated heterocycles. The summed E-state index contributed by atoms with van der Waals surface area (Å²) < 4.78 is 6.82. The van der Waals surface area contributed by atoms with E-state index in [0.29, 0.717) is 12.2 Å². The number of aromatic nitrogens is 2. The molecule has 2 atom stereocenters. The second-order valence-electron chi connectivity index (χ2n) is 5.34. The zero-order chi connectivity index (χ0) is 15.6. The van der Waals surface area contributed by atoms with Crippen LogP contribution >= 0.6 is 0 Å². The SMILES string of the molecule is CCCN(C(=O)c1cc(C)nn1C)C1COCC1C(=O)O. The van der Waals surface area contributed by atoms with Crippen LogP contribution in [0.3, 0.4) is 0 Å². The second kappa shape index (κ2) is 6.26. The van der Waals surface area contributed by atoms with Crippen LogP contribution < -0.4 is 0 Å². The Kier molecular flexibility index (Phi) is 4.62. The third-order valence-corrected chi connectivity index (χ3v) is 3.71. The summed E-state index contributed by atoms with van der Waals surface area (Å²) in [6.07, 6.45) is 0.755. The molecule has 0 saturated carbocycles. The first-order chi connectivity index (χ1) is 9.95. The molecule has 1 fully saturated rings. The number of nitrogens with zero attached hydrogens (tertiary/aromatic N) is 3. The maximum atomic E-state index is 12.7. The average molecular weight is 295 g/mol. The molecule has 1 aliphatic heterocycles. The minimum Gasteiger partial charge on any atom is -0.481 e. The van der Waals surface area contributed by atoms with Gasteiger partial charge in [0.2, 0.25) is 0 Å². The minimum absolute atomic E-state index is 0.151. The Morgan fingerprint density at radius 2 is 2.24 bits per heavy atom. The van der Waals surface area contributed by atoms with Gasteiger partial charge < -0.3 is 14.7 Å². The van der Waals surface area contributed by atoms with E-state index in [9.17, 15) is 14.7 Å². The number of carbonyl (C=O) groups excluding carboxylic acids is 1. The van der Waals surface area contributed by atoms with E-state index in [1.165, 1.54) is 4.68 Å². The number of carboxylic acids is 1. The lowest BCUT2D eigenvalue weighted by molar-refractivity contribution is -0.142. The third-order valence-electron chi connectivity index (χ3n) is 3.71. The molecule has 1 aromatic rings. The maximum absolute atomic E-state index is 12.7. The molecule has 7 heteroatoms. The van der Waals surface area contributed by atoms with Crippen LogP contribution in [0, 0.1) is 12.8 Å². The van der Waals surface area contributed by atoms with Crippen LogP contribution in [-0.4, -0.2) is 57.5 Å². The molecule has 0 spiro atoms. The molecule has 1 N–H and O–H groups in total. The number of ether oxygens (including phenoxy) is 1. The largest absolute Gasteiger partial charge is 0.481 e. The summed E-state index contributed by atoms with van der Waals surface area (Å²) in [6.45, 7) is 4.69. The van der Waals surface area contributed by atoms with E-state index in [4.69, 9.17) is 4.74 Å². The molecule has 2 rings (SSSR count). The van der Waals surface area contributed by atoms with E-state index in [2.05, 4.69) is 5.10 Å². The summed E-state index contributed by atoms with van der Waals surface area (Å²) in [5, 5.41) is 13.5. The number of carbonyl (C=O) groups is 2. The van der Waals surface area contributed by atoms with Crippen molar-refractivity contribution < 1.29 is 19.4 Å². The Balaban J connectivity index is 2.28. The Labute approximate surface area is 123 Å². The van der Waals surface area contributed by atoms with Gasteiger partial charge in [0, 0.05) is 13.6 Å². The van der Waals surface area contributed by atoms with Crippen molar-refractivity contribution in [1.82, 2.24) is 14.7 Å². The highest BCUT2D eigenvalue weighted by Crippen LogP contribution is 2.22. The molecule has 0 radical (unpaired) electrons. The number of carboxylic acid groups (broad SMARTS) is 1. The fraction of sp³-hybridized carbons (Fsp3) is 0.643. The van der Waals surface area contributed by atoms with E-state index in [0.717, 1.165) is 12.1 Å². The molecular formula is C14H21N3O4. The van der Waals surface area contributed by atoms with Gasteiger partial charge in [0.05, 0.1) is 24.9 Å². The first kappa shape index (κ1) is 15.5. The van der Waals surface area contributed by atoms with Crippen LogP contribution in [0.25, 0.3) is 0 Å². The van der Waals surface area contributed by atoms with Gasteiger partial charge in [-0.05, 0) is 19.4 Å². The summed E-state index contributed by atoms with van der Waals surface area (Å²) >= 11 is 0. The Morgan fingerprint density at radius 3 is 2.76 bits per heavy atom. The fourth-order valence-corrected chi connectivity index (χ4v) is 2.70. The molecule has 1 aliphatic rings. The quantitative estimate of drug-likeness (QED) is 0.863. The smallest absolute Gasteiger partial charge is 0.311 e.